The molecule has 1 aliphatic rings. The summed E-state index contributed by atoms with van der Waals surface area (Å²) < 4.78 is 27.0. The number of hydrogen-bond donors (Lipinski definition) is 1. The van der Waals surface area contributed by atoms with Gasteiger partial charge in [0.1, 0.15) is 0 Å². The van der Waals surface area contributed by atoms with Crippen molar-refractivity contribution >= 4 is 27.3 Å². The molecule has 0 aliphatic carbocycles. The fraction of sp³-hybridized carbons (Fsp3) is 0.238. The molecule has 0 bridgehead atoms. The number of amides is 1. The average molecular weight is 410 g/mol. The van der Waals surface area contributed by atoms with Gasteiger partial charge in [-0.1, -0.05) is 12.1 Å². The SMILES string of the molecule is Cc1cc(C)n(-c2ccccc2NC(=O)c2ccc3c(c2)CCN3S(C)(=O)=O)n1. The number of sulfonamides is 1. The number of anilines is 2. The Kier molecular flexibility index (Phi) is 4.66. The molecule has 1 aliphatic heterocycles. The van der Waals surface area contributed by atoms with Crippen LogP contribution < -0.4 is 9.62 Å². The highest BCUT2D eigenvalue weighted by Gasteiger charge is 2.26. The molecule has 2 aromatic carbocycles. The molecule has 1 amide bonds. The molecule has 0 saturated carbocycles. The van der Waals surface area contributed by atoms with Gasteiger partial charge in [-0.25, -0.2) is 13.1 Å². The molecule has 0 unspecified atom stereocenters. The summed E-state index contributed by atoms with van der Waals surface area (Å²) in [5.74, 6) is -0.250. The number of aryl methyl sites for hydroxylation is 2. The van der Waals surface area contributed by atoms with Crippen molar-refractivity contribution in [1.29, 1.82) is 0 Å². The van der Waals surface area contributed by atoms with Gasteiger partial charge in [0.25, 0.3) is 5.91 Å². The molecular weight excluding hydrogens is 388 g/mol. The molecule has 0 spiro atoms. The van der Waals surface area contributed by atoms with Crippen LogP contribution in [0.1, 0.15) is 27.3 Å². The van der Waals surface area contributed by atoms with Gasteiger partial charge in [-0.15, -0.1) is 0 Å². The van der Waals surface area contributed by atoms with E-state index in [1.807, 2.05) is 44.2 Å². The number of nitrogens with zero attached hydrogens (tertiary/aromatic N) is 3. The van der Waals surface area contributed by atoms with E-state index in [1.54, 1.807) is 22.9 Å². The predicted octanol–water partition coefficient (Wildman–Crippen LogP) is 3.06. The van der Waals surface area contributed by atoms with Crippen molar-refractivity contribution in [2.24, 2.45) is 0 Å². The van der Waals surface area contributed by atoms with E-state index in [0.29, 0.717) is 29.9 Å². The van der Waals surface area contributed by atoms with Gasteiger partial charge in [-0.2, -0.15) is 5.10 Å². The van der Waals surface area contributed by atoms with E-state index >= 15 is 0 Å². The second-order valence-corrected chi connectivity index (χ2v) is 9.15. The molecule has 1 N–H and O–H groups in total. The Hall–Kier alpha value is -3.13. The maximum Gasteiger partial charge on any atom is 0.255 e. The summed E-state index contributed by atoms with van der Waals surface area (Å²) in [6, 6.07) is 14.6. The standard InChI is InChI=1S/C21H22N4O3S/c1-14-12-15(2)25(23-14)20-7-5-4-6-18(20)22-21(26)17-8-9-19-16(13-17)10-11-24(19)29(3,27)28/h4-9,12-13H,10-11H2,1-3H3,(H,22,26). The first kappa shape index (κ1) is 19.2. The van der Waals surface area contributed by atoms with E-state index in [2.05, 4.69) is 10.4 Å². The Morgan fingerprint density at radius 2 is 1.83 bits per heavy atom. The number of carbonyl (C=O) groups is 1. The van der Waals surface area contributed by atoms with Crippen LogP contribution in [0, 0.1) is 13.8 Å². The Morgan fingerprint density at radius 3 is 2.52 bits per heavy atom. The lowest BCUT2D eigenvalue weighted by molar-refractivity contribution is 0.102. The average Bonchev–Trinajstić information content (AvgIpc) is 3.24. The van der Waals surface area contributed by atoms with Crippen LogP contribution >= 0.6 is 0 Å². The van der Waals surface area contributed by atoms with Crippen molar-refractivity contribution in [1.82, 2.24) is 9.78 Å². The van der Waals surface area contributed by atoms with Crippen molar-refractivity contribution in [2.45, 2.75) is 20.3 Å². The van der Waals surface area contributed by atoms with Gasteiger partial charge in [0.05, 0.1) is 29.0 Å². The molecular formula is C21H22N4O3S. The number of nitrogens with one attached hydrogen (secondary N) is 1. The molecule has 7 nitrogen and oxygen atoms in total. The number of hydrogen-bond acceptors (Lipinski definition) is 4. The highest BCUT2D eigenvalue weighted by Crippen LogP contribution is 2.31. The van der Waals surface area contributed by atoms with Crippen LogP contribution in [0.3, 0.4) is 0 Å². The van der Waals surface area contributed by atoms with Crippen molar-refractivity contribution in [3.05, 3.63) is 71.0 Å². The van der Waals surface area contributed by atoms with Crippen LogP contribution in [0.15, 0.2) is 48.5 Å². The summed E-state index contributed by atoms with van der Waals surface area (Å²) in [6.07, 6.45) is 1.78. The number of rotatable bonds is 4. The monoisotopic (exact) mass is 410 g/mol. The Morgan fingerprint density at radius 1 is 1.07 bits per heavy atom. The first-order valence-corrected chi connectivity index (χ1v) is 11.1. The van der Waals surface area contributed by atoms with Crippen LogP contribution in [0.25, 0.3) is 5.69 Å². The fourth-order valence-electron chi connectivity index (χ4n) is 3.69. The summed E-state index contributed by atoms with van der Waals surface area (Å²) in [5, 5.41) is 7.47. The lowest BCUT2D eigenvalue weighted by Gasteiger charge is -2.16. The largest absolute Gasteiger partial charge is 0.320 e. The molecule has 8 heteroatoms. The van der Waals surface area contributed by atoms with Crippen molar-refractivity contribution < 1.29 is 13.2 Å². The summed E-state index contributed by atoms with van der Waals surface area (Å²) in [6.45, 7) is 4.29. The lowest BCUT2D eigenvalue weighted by Crippen LogP contribution is -2.27. The van der Waals surface area contributed by atoms with Crippen molar-refractivity contribution in [2.75, 3.05) is 22.4 Å². The Balaban J connectivity index is 1.63. The van der Waals surface area contributed by atoms with Gasteiger partial charge in [-0.3, -0.25) is 9.10 Å². The number of fused-ring (bicyclic) bond motifs is 1. The zero-order valence-corrected chi connectivity index (χ0v) is 17.3. The first-order valence-electron chi connectivity index (χ1n) is 9.29. The normalized spacial score (nSPS) is 13.4. The lowest BCUT2D eigenvalue weighted by atomic mass is 10.1. The van der Waals surface area contributed by atoms with E-state index in [-0.39, 0.29) is 5.91 Å². The smallest absolute Gasteiger partial charge is 0.255 e. The van der Waals surface area contributed by atoms with Crippen molar-refractivity contribution in [3.8, 4) is 5.69 Å². The predicted molar refractivity (Wildman–Crippen MR) is 113 cm³/mol. The minimum atomic E-state index is -3.31. The summed E-state index contributed by atoms with van der Waals surface area (Å²) in [5.41, 5.74) is 5.31. The maximum atomic E-state index is 12.9. The highest BCUT2D eigenvalue weighted by molar-refractivity contribution is 7.92. The molecule has 0 radical (unpaired) electrons. The third-order valence-electron chi connectivity index (χ3n) is 4.98. The fourth-order valence-corrected chi connectivity index (χ4v) is 4.65. The molecule has 0 atom stereocenters. The van der Waals surface area contributed by atoms with Crippen LogP contribution in [0.5, 0.6) is 0 Å². The van der Waals surface area contributed by atoms with E-state index in [0.717, 1.165) is 22.6 Å². The van der Waals surface area contributed by atoms with Gasteiger partial charge in [0, 0.05) is 17.8 Å². The molecule has 0 fully saturated rings. The number of para-hydroxylation sites is 2. The van der Waals surface area contributed by atoms with E-state index < -0.39 is 10.0 Å². The number of benzene rings is 2. The molecule has 2 heterocycles. The zero-order chi connectivity index (χ0) is 20.8. The van der Waals surface area contributed by atoms with Crippen LogP contribution in [-0.2, 0) is 16.4 Å². The van der Waals surface area contributed by atoms with E-state index in [4.69, 9.17) is 0 Å². The van der Waals surface area contributed by atoms with Gasteiger partial charge < -0.3 is 5.32 Å². The van der Waals surface area contributed by atoms with Crippen LogP contribution in [0.4, 0.5) is 11.4 Å². The second-order valence-electron chi connectivity index (χ2n) is 7.24. The van der Waals surface area contributed by atoms with Gasteiger partial charge in [0.2, 0.25) is 10.0 Å². The molecule has 150 valence electrons. The summed E-state index contributed by atoms with van der Waals surface area (Å²) >= 11 is 0. The minimum absolute atomic E-state index is 0.250. The molecule has 3 aromatic rings. The molecule has 0 saturated heterocycles. The van der Waals surface area contributed by atoms with Gasteiger partial charge in [-0.05, 0) is 62.2 Å². The maximum absolute atomic E-state index is 12.9. The summed E-state index contributed by atoms with van der Waals surface area (Å²) in [4.78, 5) is 12.9. The Labute approximate surface area is 170 Å². The minimum Gasteiger partial charge on any atom is -0.320 e. The van der Waals surface area contributed by atoms with Gasteiger partial charge in [0.15, 0.2) is 0 Å². The van der Waals surface area contributed by atoms with Crippen LogP contribution in [0.2, 0.25) is 0 Å². The number of carbonyl (C=O) groups excluding carboxylic acids is 1. The molecule has 29 heavy (non-hydrogen) atoms. The van der Waals surface area contributed by atoms with Crippen LogP contribution in [-0.4, -0.2) is 36.9 Å². The van der Waals surface area contributed by atoms with E-state index in [1.165, 1.54) is 10.6 Å². The second kappa shape index (κ2) is 7.04. The first-order chi connectivity index (χ1) is 13.7. The zero-order valence-electron chi connectivity index (χ0n) is 16.5. The summed E-state index contributed by atoms with van der Waals surface area (Å²) in [7, 11) is -3.31. The van der Waals surface area contributed by atoms with Crippen molar-refractivity contribution in [3.63, 3.8) is 0 Å². The molecule has 4 rings (SSSR count). The third kappa shape index (κ3) is 3.63. The van der Waals surface area contributed by atoms with E-state index in [9.17, 15) is 13.2 Å². The Bertz CT molecular complexity index is 1210. The number of aromatic nitrogens is 2. The topological polar surface area (TPSA) is 84.3 Å². The quantitative estimate of drug-likeness (QED) is 0.716. The molecule has 1 aromatic heterocycles. The third-order valence-corrected chi connectivity index (χ3v) is 6.16. The highest BCUT2D eigenvalue weighted by atomic mass is 32.2. The van der Waals surface area contributed by atoms with Gasteiger partial charge >= 0.3 is 0 Å².